The number of amides is 1. The van der Waals surface area contributed by atoms with Crippen LogP contribution in [0.4, 0.5) is 4.39 Å². The highest BCUT2D eigenvalue weighted by Gasteiger charge is 2.32. The van der Waals surface area contributed by atoms with Crippen LogP contribution in [0.1, 0.15) is 31.7 Å². The number of hydrogen-bond acceptors (Lipinski definition) is 2. The van der Waals surface area contributed by atoms with Crippen LogP contribution in [0.2, 0.25) is 0 Å². The monoisotopic (exact) mass is 293 g/mol. The molecule has 1 N–H and O–H groups in total. The second kappa shape index (κ2) is 6.70. The minimum Gasteiger partial charge on any atom is -0.481 e. The Morgan fingerprint density at radius 3 is 2.81 bits per heavy atom. The summed E-state index contributed by atoms with van der Waals surface area (Å²) in [6.45, 7) is 2.36. The second-order valence-electron chi connectivity index (χ2n) is 5.62. The molecule has 1 fully saturated rings. The lowest BCUT2D eigenvalue weighted by atomic mass is 9.98. The number of carbonyl (C=O) groups is 2. The van der Waals surface area contributed by atoms with Gasteiger partial charge < -0.3 is 10.0 Å². The molecule has 1 amide bonds. The minimum atomic E-state index is -0.888. The summed E-state index contributed by atoms with van der Waals surface area (Å²) in [6.07, 6.45) is 1.88. The van der Waals surface area contributed by atoms with Gasteiger partial charge in [0.25, 0.3) is 0 Å². The predicted octanol–water partition coefficient (Wildman–Crippen LogP) is 2.47. The molecule has 114 valence electrons. The summed E-state index contributed by atoms with van der Waals surface area (Å²) in [5, 5.41) is 8.90. The highest BCUT2D eigenvalue weighted by atomic mass is 19.1. The molecular formula is C16H20FNO3. The van der Waals surface area contributed by atoms with Crippen molar-refractivity contribution in [2.45, 2.75) is 38.6 Å². The molecule has 5 heteroatoms. The average Bonchev–Trinajstić information content (AvgIpc) is 2.87. The summed E-state index contributed by atoms with van der Waals surface area (Å²) < 4.78 is 13.6. The number of hydrogen-bond donors (Lipinski definition) is 1. The van der Waals surface area contributed by atoms with Crippen LogP contribution in [-0.2, 0) is 16.0 Å². The molecule has 1 heterocycles. The van der Waals surface area contributed by atoms with Gasteiger partial charge in [-0.25, -0.2) is 4.39 Å². The number of carbonyl (C=O) groups excluding carboxylic acids is 1. The molecule has 1 aliphatic heterocycles. The van der Waals surface area contributed by atoms with Crippen LogP contribution < -0.4 is 0 Å². The van der Waals surface area contributed by atoms with Crippen LogP contribution in [-0.4, -0.2) is 34.5 Å². The quantitative estimate of drug-likeness (QED) is 0.907. The molecule has 2 atom stereocenters. The number of halogens is 1. The summed E-state index contributed by atoms with van der Waals surface area (Å²) in [5.41, 5.74) is 0.521. The average molecular weight is 293 g/mol. The van der Waals surface area contributed by atoms with Gasteiger partial charge in [0, 0.05) is 18.5 Å². The molecule has 1 aromatic carbocycles. The van der Waals surface area contributed by atoms with Crippen molar-refractivity contribution in [2.75, 3.05) is 6.54 Å². The lowest BCUT2D eigenvalue weighted by Crippen LogP contribution is -2.40. The maximum atomic E-state index is 13.6. The van der Waals surface area contributed by atoms with Crippen LogP contribution in [0.5, 0.6) is 0 Å². The van der Waals surface area contributed by atoms with Gasteiger partial charge in [0.15, 0.2) is 0 Å². The number of benzene rings is 1. The Balaban J connectivity index is 2.02. The topological polar surface area (TPSA) is 57.6 Å². The lowest BCUT2D eigenvalue weighted by molar-refractivity contribution is -0.141. The van der Waals surface area contributed by atoms with E-state index in [0.717, 1.165) is 12.8 Å². The van der Waals surface area contributed by atoms with Crippen LogP contribution in [0.3, 0.4) is 0 Å². The van der Waals surface area contributed by atoms with Gasteiger partial charge in [-0.3, -0.25) is 9.59 Å². The fourth-order valence-corrected chi connectivity index (χ4v) is 2.90. The van der Waals surface area contributed by atoms with E-state index in [1.807, 2.05) is 0 Å². The van der Waals surface area contributed by atoms with Crippen LogP contribution in [0.25, 0.3) is 0 Å². The van der Waals surface area contributed by atoms with E-state index >= 15 is 0 Å². The Morgan fingerprint density at radius 1 is 1.43 bits per heavy atom. The molecule has 0 bridgehead atoms. The molecule has 21 heavy (non-hydrogen) atoms. The summed E-state index contributed by atoms with van der Waals surface area (Å²) in [7, 11) is 0. The van der Waals surface area contributed by atoms with Gasteiger partial charge in [-0.1, -0.05) is 25.1 Å². The summed E-state index contributed by atoms with van der Waals surface area (Å²) in [4.78, 5) is 25.0. The minimum absolute atomic E-state index is 0.0157. The van der Waals surface area contributed by atoms with Gasteiger partial charge in [-0.05, 0) is 30.9 Å². The number of likely N-dealkylation sites (tertiary alicyclic amines) is 1. The van der Waals surface area contributed by atoms with Gasteiger partial charge in [0.2, 0.25) is 5.91 Å². The lowest BCUT2D eigenvalue weighted by Gasteiger charge is -2.26. The molecule has 1 aromatic rings. The molecule has 0 spiro atoms. The second-order valence-corrected chi connectivity index (χ2v) is 5.62. The van der Waals surface area contributed by atoms with Crippen molar-refractivity contribution in [1.29, 1.82) is 0 Å². The first-order chi connectivity index (χ1) is 9.99. The summed E-state index contributed by atoms with van der Waals surface area (Å²) in [5.74, 6) is -1.62. The molecule has 2 rings (SSSR count). The third-order valence-electron chi connectivity index (χ3n) is 3.98. The third kappa shape index (κ3) is 3.80. The first-order valence-corrected chi connectivity index (χ1v) is 7.24. The van der Waals surface area contributed by atoms with Crippen LogP contribution in [0.15, 0.2) is 24.3 Å². The smallest absolute Gasteiger partial charge is 0.305 e. The zero-order valence-corrected chi connectivity index (χ0v) is 12.1. The number of carboxylic acids is 1. The molecule has 0 saturated carbocycles. The van der Waals surface area contributed by atoms with Crippen molar-refractivity contribution in [3.8, 4) is 0 Å². The van der Waals surface area contributed by atoms with E-state index in [1.54, 1.807) is 30.0 Å². The highest BCUT2D eigenvalue weighted by Crippen LogP contribution is 2.24. The van der Waals surface area contributed by atoms with Gasteiger partial charge in [-0.15, -0.1) is 0 Å². The van der Waals surface area contributed by atoms with Gasteiger partial charge in [0.1, 0.15) is 5.82 Å². The Hall–Kier alpha value is -1.91. The van der Waals surface area contributed by atoms with E-state index in [4.69, 9.17) is 5.11 Å². The van der Waals surface area contributed by atoms with E-state index in [1.165, 1.54) is 6.07 Å². The molecule has 2 unspecified atom stereocenters. The summed E-state index contributed by atoms with van der Waals surface area (Å²) in [6, 6.07) is 6.21. The molecule has 1 aliphatic rings. The Bertz CT molecular complexity index is 532. The number of nitrogens with zero attached hydrogens (tertiary/aromatic N) is 1. The van der Waals surface area contributed by atoms with Crippen molar-refractivity contribution in [3.63, 3.8) is 0 Å². The molecule has 0 aliphatic carbocycles. The van der Waals surface area contributed by atoms with Crippen molar-refractivity contribution >= 4 is 11.9 Å². The van der Waals surface area contributed by atoms with Crippen molar-refractivity contribution in [2.24, 2.45) is 5.92 Å². The largest absolute Gasteiger partial charge is 0.481 e. The van der Waals surface area contributed by atoms with Crippen LogP contribution >= 0.6 is 0 Å². The predicted molar refractivity (Wildman–Crippen MR) is 76.3 cm³/mol. The molecule has 0 radical (unpaired) electrons. The summed E-state index contributed by atoms with van der Waals surface area (Å²) >= 11 is 0. The molecule has 1 saturated heterocycles. The zero-order valence-electron chi connectivity index (χ0n) is 12.1. The van der Waals surface area contributed by atoms with Gasteiger partial charge in [-0.2, -0.15) is 0 Å². The Morgan fingerprint density at radius 2 is 2.14 bits per heavy atom. The number of aliphatic carboxylic acids is 1. The molecule has 0 aromatic heterocycles. The molecular weight excluding hydrogens is 273 g/mol. The van der Waals surface area contributed by atoms with E-state index in [-0.39, 0.29) is 30.1 Å². The number of rotatable bonds is 5. The maximum absolute atomic E-state index is 13.6. The van der Waals surface area contributed by atoms with E-state index < -0.39 is 5.97 Å². The third-order valence-corrected chi connectivity index (χ3v) is 3.98. The van der Waals surface area contributed by atoms with Crippen molar-refractivity contribution < 1.29 is 19.1 Å². The Kier molecular flexibility index (Phi) is 4.94. The Labute approximate surface area is 123 Å². The fourth-order valence-electron chi connectivity index (χ4n) is 2.90. The van der Waals surface area contributed by atoms with E-state index in [0.29, 0.717) is 18.5 Å². The highest BCUT2D eigenvalue weighted by molar-refractivity contribution is 5.80. The standard InChI is InChI=1S/C16H20FNO3/c1-11(9-12-5-2-3-7-14(12)17)16(21)18-8-4-6-13(18)10-15(19)20/h2-3,5,7,11,13H,4,6,8-10H2,1H3,(H,19,20). The first kappa shape index (κ1) is 15.5. The van der Waals surface area contributed by atoms with E-state index in [2.05, 4.69) is 0 Å². The first-order valence-electron chi connectivity index (χ1n) is 7.24. The number of carboxylic acid groups (broad SMARTS) is 1. The van der Waals surface area contributed by atoms with Gasteiger partial charge >= 0.3 is 5.97 Å². The van der Waals surface area contributed by atoms with Crippen molar-refractivity contribution in [3.05, 3.63) is 35.6 Å². The van der Waals surface area contributed by atoms with Gasteiger partial charge in [0.05, 0.1) is 6.42 Å². The maximum Gasteiger partial charge on any atom is 0.305 e. The van der Waals surface area contributed by atoms with Crippen molar-refractivity contribution in [1.82, 2.24) is 4.90 Å². The SMILES string of the molecule is CC(Cc1ccccc1F)C(=O)N1CCCC1CC(=O)O. The van der Waals surface area contributed by atoms with E-state index in [9.17, 15) is 14.0 Å². The molecule has 4 nitrogen and oxygen atoms in total. The normalized spacial score (nSPS) is 19.5. The van der Waals surface area contributed by atoms with Crippen LogP contribution in [0, 0.1) is 11.7 Å². The zero-order chi connectivity index (χ0) is 15.4. The fraction of sp³-hybridized carbons (Fsp3) is 0.500.